The second kappa shape index (κ2) is 8.14. The first-order chi connectivity index (χ1) is 13.6. The quantitative estimate of drug-likeness (QED) is 0.417. The molecule has 8 heteroatoms. The molecule has 140 valence electrons. The third-order valence-corrected chi connectivity index (χ3v) is 5.57. The van der Waals surface area contributed by atoms with E-state index < -0.39 is 5.91 Å². The lowest BCUT2D eigenvalue weighted by Crippen LogP contribution is -2.12. The van der Waals surface area contributed by atoms with Crippen molar-refractivity contribution in [2.24, 2.45) is 0 Å². The molecule has 0 radical (unpaired) electrons. The van der Waals surface area contributed by atoms with Crippen molar-refractivity contribution in [3.05, 3.63) is 81.8 Å². The second-order valence-electron chi connectivity index (χ2n) is 5.95. The van der Waals surface area contributed by atoms with Gasteiger partial charge in [-0.1, -0.05) is 83.1 Å². The SMILES string of the molecule is O=C(Nc1nnc(NCc2cccc3ccccc23)s1)c1c(Cl)cccc1Cl. The topological polar surface area (TPSA) is 66.9 Å². The summed E-state index contributed by atoms with van der Waals surface area (Å²) in [6.07, 6.45) is 0. The van der Waals surface area contributed by atoms with Crippen LogP contribution in [0.4, 0.5) is 10.3 Å². The van der Waals surface area contributed by atoms with Gasteiger partial charge < -0.3 is 5.32 Å². The minimum atomic E-state index is -0.424. The molecule has 1 aromatic heterocycles. The number of benzene rings is 3. The summed E-state index contributed by atoms with van der Waals surface area (Å²) in [5.74, 6) is -0.424. The molecule has 0 bridgehead atoms. The average molecular weight is 429 g/mol. The van der Waals surface area contributed by atoms with Gasteiger partial charge in [0.2, 0.25) is 10.3 Å². The van der Waals surface area contributed by atoms with Gasteiger partial charge in [0.05, 0.1) is 15.6 Å². The van der Waals surface area contributed by atoms with E-state index >= 15 is 0 Å². The van der Waals surface area contributed by atoms with E-state index in [9.17, 15) is 4.79 Å². The molecule has 0 aliphatic heterocycles. The third kappa shape index (κ3) is 3.94. The van der Waals surface area contributed by atoms with Crippen LogP contribution in [0.3, 0.4) is 0 Å². The highest BCUT2D eigenvalue weighted by Crippen LogP contribution is 2.27. The Morgan fingerprint density at radius 1 is 0.893 bits per heavy atom. The molecule has 0 aliphatic carbocycles. The molecule has 1 heterocycles. The Balaban J connectivity index is 1.45. The van der Waals surface area contributed by atoms with Crippen LogP contribution < -0.4 is 10.6 Å². The molecule has 3 aromatic carbocycles. The third-order valence-electron chi connectivity index (χ3n) is 4.15. The number of nitrogens with zero attached hydrogens (tertiary/aromatic N) is 2. The van der Waals surface area contributed by atoms with E-state index in [0.29, 0.717) is 16.8 Å². The van der Waals surface area contributed by atoms with Crippen LogP contribution in [-0.4, -0.2) is 16.1 Å². The van der Waals surface area contributed by atoms with Gasteiger partial charge >= 0.3 is 0 Å². The summed E-state index contributed by atoms with van der Waals surface area (Å²) < 4.78 is 0. The highest BCUT2D eigenvalue weighted by molar-refractivity contribution is 7.19. The fourth-order valence-corrected chi connectivity index (χ4v) is 4.04. The lowest BCUT2D eigenvalue weighted by Gasteiger charge is -2.07. The molecule has 28 heavy (non-hydrogen) atoms. The van der Waals surface area contributed by atoms with Gasteiger partial charge in [-0.05, 0) is 28.5 Å². The number of anilines is 2. The van der Waals surface area contributed by atoms with Gasteiger partial charge in [-0.15, -0.1) is 10.2 Å². The summed E-state index contributed by atoms with van der Waals surface area (Å²) in [7, 11) is 0. The zero-order valence-electron chi connectivity index (χ0n) is 14.4. The van der Waals surface area contributed by atoms with Crippen LogP contribution in [0.15, 0.2) is 60.7 Å². The normalized spacial score (nSPS) is 10.8. The molecular formula is C20H14Cl2N4OS. The fraction of sp³-hybridized carbons (Fsp3) is 0.0500. The van der Waals surface area contributed by atoms with Crippen molar-refractivity contribution in [3.63, 3.8) is 0 Å². The Labute approximate surface area is 175 Å². The second-order valence-corrected chi connectivity index (χ2v) is 7.75. The van der Waals surface area contributed by atoms with E-state index in [1.165, 1.54) is 22.1 Å². The monoisotopic (exact) mass is 428 g/mol. The van der Waals surface area contributed by atoms with Gasteiger partial charge in [0, 0.05) is 6.54 Å². The van der Waals surface area contributed by atoms with Crippen molar-refractivity contribution in [2.75, 3.05) is 10.6 Å². The minimum absolute atomic E-state index is 0.214. The summed E-state index contributed by atoms with van der Waals surface area (Å²) in [4.78, 5) is 12.4. The first-order valence-electron chi connectivity index (χ1n) is 8.41. The van der Waals surface area contributed by atoms with E-state index in [1.807, 2.05) is 18.2 Å². The largest absolute Gasteiger partial charge is 0.356 e. The van der Waals surface area contributed by atoms with E-state index in [4.69, 9.17) is 23.2 Å². The highest BCUT2D eigenvalue weighted by atomic mass is 35.5. The van der Waals surface area contributed by atoms with Gasteiger partial charge in [-0.25, -0.2) is 0 Å². The average Bonchev–Trinajstić information content (AvgIpc) is 3.13. The first-order valence-corrected chi connectivity index (χ1v) is 9.98. The molecule has 1 amide bonds. The minimum Gasteiger partial charge on any atom is -0.356 e. The van der Waals surface area contributed by atoms with Gasteiger partial charge in [0.15, 0.2) is 0 Å². The maximum absolute atomic E-state index is 12.4. The summed E-state index contributed by atoms with van der Waals surface area (Å²) >= 11 is 13.4. The maximum Gasteiger partial charge on any atom is 0.260 e. The number of amides is 1. The Kier molecular flexibility index (Phi) is 5.43. The molecule has 0 saturated carbocycles. The Morgan fingerprint density at radius 2 is 1.57 bits per heavy atom. The van der Waals surface area contributed by atoms with Crippen LogP contribution in [0.2, 0.25) is 10.0 Å². The number of rotatable bonds is 5. The van der Waals surface area contributed by atoms with Crippen molar-refractivity contribution >= 4 is 61.5 Å². The van der Waals surface area contributed by atoms with Crippen molar-refractivity contribution in [1.82, 2.24) is 10.2 Å². The number of carbonyl (C=O) groups is 1. The van der Waals surface area contributed by atoms with Gasteiger partial charge in [0.1, 0.15) is 0 Å². The van der Waals surface area contributed by atoms with Gasteiger partial charge in [-0.3, -0.25) is 10.1 Å². The zero-order valence-corrected chi connectivity index (χ0v) is 16.8. The maximum atomic E-state index is 12.4. The molecule has 0 aliphatic rings. The van der Waals surface area contributed by atoms with Crippen molar-refractivity contribution in [3.8, 4) is 0 Å². The van der Waals surface area contributed by atoms with Crippen LogP contribution in [0.5, 0.6) is 0 Å². The van der Waals surface area contributed by atoms with Crippen molar-refractivity contribution in [1.29, 1.82) is 0 Å². The Morgan fingerprint density at radius 3 is 2.39 bits per heavy atom. The number of aromatic nitrogens is 2. The lowest BCUT2D eigenvalue weighted by atomic mass is 10.0. The fourth-order valence-electron chi connectivity index (χ4n) is 2.84. The van der Waals surface area contributed by atoms with E-state index in [-0.39, 0.29) is 15.6 Å². The molecule has 5 nitrogen and oxygen atoms in total. The van der Waals surface area contributed by atoms with E-state index in [1.54, 1.807) is 18.2 Å². The van der Waals surface area contributed by atoms with Crippen molar-refractivity contribution in [2.45, 2.75) is 6.54 Å². The van der Waals surface area contributed by atoms with Gasteiger partial charge in [0.25, 0.3) is 5.91 Å². The van der Waals surface area contributed by atoms with Crippen LogP contribution >= 0.6 is 34.5 Å². The number of hydrogen-bond acceptors (Lipinski definition) is 5. The van der Waals surface area contributed by atoms with E-state index in [0.717, 1.165) is 5.56 Å². The smallest absolute Gasteiger partial charge is 0.260 e. The summed E-state index contributed by atoms with van der Waals surface area (Å²) in [5, 5.41) is 17.9. The summed E-state index contributed by atoms with van der Waals surface area (Å²) in [6.45, 7) is 0.597. The molecule has 0 unspecified atom stereocenters. The predicted octanol–water partition coefficient (Wildman–Crippen LogP) is 5.86. The molecule has 4 aromatic rings. The molecular weight excluding hydrogens is 415 g/mol. The van der Waals surface area contributed by atoms with Crippen molar-refractivity contribution < 1.29 is 4.79 Å². The van der Waals surface area contributed by atoms with Crippen LogP contribution in [0.25, 0.3) is 10.8 Å². The predicted molar refractivity (Wildman–Crippen MR) is 116 cm³/mol. The number of nitrogens with one attached hydrogen (secondary N) is 2. The van der Waals surface area contributed by atoms with Crippen LogP contribution in [0.1, 0.15) is 15.9 Å². The summed E-state index contributed by atoms with van der Waals surface area (Å²) in [6, 6.07) is 19.3. The molecule has 0 saturated heterocycles. The number of carbonyl (C=O) groups excluding carboxylic acids is 1. The Bertz CT molecular complexity index is 1140. The number of hydrogen-bond donors (Lipinski definition) is 2. The first kappa shape index (κ1) is 18.7. The molecule has 0 spiro atoms. The summed E-state index contributed by atoms with van der Waals surface area (Å²) in [5.41, 5.74) is 1.37. The molecule has 0 atom stereocenters. The molecule has 2 N–H and O–H groups in total. The Hall–Kier alpha value is -2.67. The van der Waals surface area contributed by atoms with Crippen LogP contribution in [0, 0.1) is 0 Å². The van der Waals surface area contributed by atoms with Gasteiger partial charge in [-0.2, -0.15) is 0 Å². The number of halogens is 2. The standard InChI is InChI=1S/C20H14Cl2N4OS/c21-15-9-4-10-16(22)17(15)18(27)24-20-26-25-19(28-20)23-11-13-7-3-6-12-5-1-2-8-14(12)13/h1-10H,11H2,(H,23,25)(H,24,26,27). The zero-order chi connectivity index (χ0) is 19.5. The van der Waals surface area contributed by atoms with E-state index in [2.05, 4.69) is 45.1 Å². The number of fused-ring (bicyclic) bond motifs is 1. The molecule has 0 fully saturated rings. The van der Waals surface area contributed by atoms with Crippen LogP contribution in [-0.2, 0) is 6.54 Å². The molecule has 4 rings (SSSR count). The lowest BCUT2D eigenvalue weighted by molar-refractivity contribution is 0.102. The highest BCUT2D eigenvalue weighted by Gasteiger charge is 2.16.